The van der Waals surface area contributed by atoms with Crippen LogP contribution in [0.3, 0.4) is 0 Å². The highest BCUT2D eigenvalue weighted by molar-refractivity contribution is 7.47. The molecular weight excluding hydrogens is 1530 g/mol. The van der Waals surface area contributed by atoms with E-state index < -0.39 is 91.5 Å². The molecule has 676 valence electrons. The topological polar surface area (TPSA) is 231 Å². The molecule has 119 heavy (non-hydrogen) atoms. The summed E-state index contributed by atoms with van der Waals surface area (Å²) in [6.07, 6.45) is 123. The Kier molecular flexibility index (Phi) is 86.8. The van der Waals surface area contributed by atoms with E-state index in [-0.39, 0.29) is 19.3 Å². The smallest absolute Gasteiger partial charge is 0.463 e. The van der Waals surface area contributed by atoms with E-state index in [0.29, 0.717) is 19.3 Å². The summed E-state index contributed by atoms with van der Waals surface area (Å²) in [5.41, 5.74) is 0. The van der Waals surface area contributed by atoms with Crippen molar-refractivity contribution in [3.63, 3.8) is 0 Å². The van der Waals surface area contributed by atoms with Crippen molar-refractivity contribution in [2.45, 2.75) is 373 Å². The minimum atomic E-state index is -4.96. The first-order chi connectivity index (χ1) is 58.2. The number of aliphatic hydroxyl groups excluding tert-OH is 2. The van der Waals surface area contributed by atoms with E-state index in [4.69, 9.17) is 32.3 Å². The van der Waals surface area contributed by atoms with Crippen LogP contribution >= 0.6 is 15.6 Å². The molecule has 0 rings (SSSR count). The van der Waals surface area contributed by atoms with E-state index >= 15 is 0 Å². The summed E-state index contributed by atoms with van der Waals surface area (Å²) in [7, 11) is -9.83. The zero-order valence-electron chi connectivity index (χ0n) is 74.5. The Morgan fingerprint density at radius 3 is 0.664 bits per heavy atom. The molecule has 4 N–H and O–H groups in total. The molecule has 5 unspecified atom stereocenters. The second kappa shape index (κ2) is 91.3. The minimum absolute atomic E-state index is 0.0631. The maximum absolute atomic E-state index is 13.1. The van der Waals surface area contributed by atoms with Crippen molar-refractivity contribution in [3.05, 3.63) is 207 Å². The predicted octanol–water partition coefficient (Wildman–Crippen LogP) is 28.8. The van der Waals surface area contributed by atoms with Crippen LogP contribution in [-0.4, -0.2) is 95.9 Å². The summed E-state index contributed by atoms with van der Waals surface area (Å²) >= 11 is 0. The third-order valence-electron chi connectivity index (χ3n) is 19.0. The fraction of sp³-hybridized carbons (Fsp3) is 0.634. The van der Waals surface area contributed by atoms with E-state index in [1.54, 1.807) is 0 Å². The number of hydrogen-bond donors (Lipinski definition) is 4. The largest absolute Gasteiger partial charge is 0.472 e. The SMILES string of the molecule is CC/C=C\C/C=C\C/C=C\C/C=C\C/C=C\C/C=C\CCCCCCCCC(=O)OCC(COP(=O)(O)OCC(O)COP(=O)(O)OCC(O)COC(=O)CCCCCCCCCCCCCCCCCCCCC/C=C\C/C=C\C/C=C\C/C=C\C/C=C\CC)OC(=O)CCCCCC/C=C\C/C=C\C/C=C\C/C=C\C/C=C\C/C=C\CC. The van der Waals surface area contributed by atoms with Crippen LogP contribution in [0.4, 0.5) is 0 Å². The maximum Gasteiger partial charge on any atom is 0.472 e. The molecule has 0 radical (unpaired) electrons. The van der Waals surface area contributed by atoms with Gasteiger partial charge in [0.15, 0.2) is 6.10 Å². The first-order valence-electron chi connectivity index (χ1n) is 46.4. The number of phosphoric acid groups is 2. The Morgan fingerprint density at radius 2 is 0.420 bits per heavy atom. The van der Waals surface area contributed by atoms with Gasteiger partial charge in [-0.3, -0.25) is 32.5 Å². The first kappa shape index (κ1) is 113. The summed E-state index contributed by atoms with van der Waals surface area (Å²) < 4.78 is 61.4. The van der Waals surface area contributed by atoms with Crippen molar-refractivity contribution in [3.8, 4) is 0 Å². The van der Waals surface area contributed by atoms with E-state index in [2.05, 4.69) is 227 Å². The van der Waals surface area contributed by atoms with Gasteiger partial charge in [-0.05, 0) is 167 Å². The van der Waals surface area contributed by atoms with Gasteiger partial charge in [0.1, 0.15) is 25.4 Å². The second-order valence-electron chi connectivity index (χ2n) is 30.3. The van der Waals surface area contributed by atoms with E-state index in [0.717, 1.165) is 193 Å². The molecule has 0 spiro atoms. The van der Waals surface area contributed by atoms with Crippen molar-refractivity contribution in [1.82, 2.24) is 0 Å². The van der Waals surface area contributed by atoms with Crippen LogP contribution in [0.5, 0.6) is 0 Å². The number of esters is 3. The quantitative estimate of drug-likeness (QED) is 0.0146. The van der Waals surface area contributed by atoms with Gasteiger partial charge in [-0.2, -0.15) is 0 Å². The van der Waals surface area contributed by atoms with Crippen molar-refractivity contribution in [1.29, 1.82) is 0 Å². The summed E-state index contributed by atoms with van der Waals surface area (Å²) in [4.78, 5) is 59.0. The first-order valence-corrected chi connectivity index (χ1v) is 49.4. The molecule has 0 saturated carbocycles. The zero-order chi connectivity index (χ0) is 86.5. The molecule has 0 fully saturated rings. The summed E-state index contributed by atoms with van der Waals surface area (Å²) in [5.74, 6) is -1.62. The number of carbonyl (C=O) groups is 3. The van der Waals surface area contributed by atoms with Gasteiger partial charge in [0.05, 0.1) is 26.4 Å². The second-order valence-corrected chi connectivity index (χ2v) is 33.2. The van der Waals surface area contributed by atoms with Gasteiger partial charge in [-0.25, -0.2) is 9.13 Å². The lowest BCUT2D eigenvalue weighted by Gasteiger charge is -2.21. The number of allylic oxidation sites excluding steroid dienone is 34. The molecule has 0 aromatic carbocycles. The Balaban J connectivity index is 4.60. The fourth-order valence-corrected chi connectivity index (χ4v) is 13.7. The number of ether oxygens (including phenoxy) is 3. The molecule has 5 atom stereocenters. The number of aliphatic hydroxyl groups is 2. The van der Waals surface area contributed by atoms with Crippen LogP contribution in [0.2, 0.25) is 0 Å². The Hall–Kier alpha value is -5.87. The lowest BCUT2D eigenvalue weighted by molar-refractivity contribution is -0.161. The van der Waals surface area contributed by atoms with E-state index in [1.165, 1.54) is 103 Å². The van der Waals surface area contributed by atoms with Gasteiger partial charge < -0.3 is 34.2 Å². The molecule has 0 aromatic heterocycles. The van der Waals surface area contributed by atoms with E-state index in [9.17, 15) is 43.5 Å². The number of unbranched alkanes of at least 4 members (excludes halogenated alkanes) is 29. The molecule has 0 aliphatic rings. The van der Waals surface area contributed by atoms with Crippen LogP contribution in [-0.2, 0) is 55.8 Å². The molecule has 0 aliphatic heterocycles. The van der Waals surface area contributed by atoms with Crippen LogP contribution in [0, 0.1) is 0 Å². The maximum atomic E-state index is 13.1. The Morgan fingerprint density at radius 1 is 0.235 bits per heavy atom. The molecule has 0 aromatic rings. The third kappa shape index (κ3) is 92.7. The number of rotatable bonds is 86. The number of carbonyl (C=O) groups excluding carboxylic acids is 3. The summed E-state index contributed by atoms with van der Waals surface area (Å²) in [6.45, 7) is 2.31. The minimum Gasteiger partial charge on any atom is -0.463 e. The van der Waals surface area contributed by atoms with Crippen molar-refractivity contribution in [2.24, 2.45) is 0 Å². The number of hydrogen-bond acceptors (Lipinski definition) is 14. The van der Waals surface area contributed by atoms with Crippen LogP contribution < -0.4 is 0 Å². The average Bonchev–Trinajstić information content (AvgIpc) is 0.903. The van der Waals surface area contributed by atoms with Crippen molar-refractivity contribution in [2.75, 3.05) is 39.6 Å². The van der Waals surface area contributed by atoms with Gasteiger partial charge in [0.25, 0.3) is 0 Å². The van der Waals surface area contributed by atoms with Crippen molar-refractivity contribution < 1.29 is 75.8 Å². The third-order valence-corrected chi connectivity index (χ3v) is 20.9. The van der Waals surface area contributed by atoms with Crippen LogP contribution in [0.1, 0.15) is 355 Å². The predicted molar refractivity (Wildman–Crippen MR) is 500 cm³/mol. The highest BCUT2D eigenvalue weighted by Gasteiger charge is 2.29. The summed E-state index contributed by atoms with van der Waals surface area (Å²) in [6, 6.07) is 0. The molecule has 18 heteroatoms. The van der Waals surface area contributed by atoms with Gasteiger partial charge in [-0.15, -0.1) is 0 Å². The molecule has 0 heterocycles. The van der Waals surface area contributed by atoms with Crippen molar-refractivity contribution >= 4 is 33.6 Å². The standard InChI is InChI=1S/C101H166O16P2/c1-4-7-10-13-16-19-22-25-28-31-34-37-40-42-43-44-45-46-47-48-49-50-51-53-56-57-60-63-66-69-72-75-78-81-84-87-99(104)111-90-96(102)91-113-118(107,108)114-92-97(103)93-115-119(109,110)116-95-98(117-101(106)89-86-83-80-77-74-71-68-65-62-59-54-39-36-33-30-27-24-21-18-15-12-9-6-3)94-112-100(105)88-85-82-79-76-73-70-67-64-61-58-55-52-41-38-35-32-29-26-23-20-17-14-11-8-5-2/h7-12,16-21,25-30,34-39,42-43,52,55,59,61-62,64,68,71,96-98,102-103H,4-6,13-15,22-24,31-33,40-41,44-51,53-54,56-58,60,63,65-67,69-70,72-95H2,1-3H3,(H,107,108)(H,109,110)/b10-7-,11-8-,12-9-,19-16-,20-17-,21-18-,28-25-,29-26-,30-27-,37-34-,38-35-,39-36-,43-42-,55-52-,62-59-,64-61-,71-68-. The number of phosphoric ester groups is 2. The Bertz CT molecular complexity index is 2990. The normalized spacial score (nSPS) is 14.7. The molecule has 0 amide bonds. The van der Waals surface area contributed by atoms with Gasteiger partial charge in [0.2, 0.25) is 0 Å². The molecule has 16 nitrogen and oxygen atoms in total. The zero-order valence-corrected chi connectivity index (χ0v) is 76.2. The lowest BCUT2D eigenvalue weighted by atomic mass is 10.0. The highest BCUT2D eigenvalue weighted by Crippen LogP contribution is 2.45. The highest BCUT2D eigenvalue weighted by atomic mass is 31.2. The molecular formula is C101H166O16P2. The van der Waals surface area contributed by atoms with Gasteiger partial charge in [0, 0.05) is 19.3 Å². The Labute approximate surface area is 724 Å². The van der Waals surface area contributed by atoms with E-state index in [1.807, 2.05) is 0 Å². The van der Waals surface area contributed by atoms with Gasteiger partial charge in [-0.1, -0.05) is 375 Å². The molecule has 0 saturated heterocycles. The lowest BCUT2D eigenvalue weighted by Crippen LogP contribution is -2.30. The summed E-state index contributed by atoms with van der Waals surface area (Å²) in [5, 5.41) is 20.7. The molecule has 0 aliphatic carbocycles. The van der Waals surface area contributed by atoms with Crippen LogP contribution in [0.15, 0.2) is 207 Å². The molecule has 0 bridgehead atoms. The fourth-order valence-electron chi connectivity index (χ4n) is 12.1. The average molecular weight is 1700 g/mol. The monoisotopic (exact) mass is 1700 g/mol. The van der Waals surface area contributed by atoms with Gasteiger partial charge >= 0.3 is 33.6 Å². The van der Waals surface area contributed by atoms with Crippen LogP contribution in [0.25, 0.3) is 0 Å².